The lowest BCUT2D eigenvalue weighted by Crippen LogP contribution is -2.02. The van der Waals surface area contributed by atoms with Crippen molar-refractivity contribution in [1.82, 2.24) is 4.57 Å². The number of halogens is 1. The highest BCUT2D eigenvalue weighted by Gasteiger charge is 2.09. The van der Waals surface area contributed by atoms with Crippen molar-refractivity contribution >= 4 is 10.9 Å². The summed E-state index contributed by atoms with van der Waals surface area (Å²) in [5, 5.41) is 10.1. The van der Waals surface area contributed by atoms with Gasteiger partial charge in [0.25, 0.3) is 0 Å². The van der Waals surface area contributed by atoms with Crippen molar-refractivity contribution in [2.45, 2.75) is 13.5 Å². The first-order chi connectivity index (χ1) is 9.70. The van der Waals surface area contributed by atoms with Crippen LogP contribution >= 0.6 is 0 Å². The molecule has 0 fully saturated rings. The van der Waals surface area contributed by atoms with E-state index in [9.17, 15) is 4.39 Å². The summed E-state index contributed by atoms with van der Waals surface area (Å²) in [5.41, 5.74) is 2.90. The minimum absolute atomic E-state index is 0.0927. The predicted molar refractivity (Wildman–Crippen MR) is 76.9 cm³/mol. The maximum Gasteiger partial charge on any atom is 0.145 e. The standard InChI is InChI=1S/C17H13FN2/c1-12-4-2-7-16-15(12)8-9-20(16)11-14-6-3-5-13(10-19)17(14)18/h2-9H,11H2,1H3. The van der Waals surface area contributed by atoms with Gasteiger partial charge in [-0.25, -0.2) is 4.39 Å². The molecular weight excluding hydrogens is 251 g/mol. The molecule has 1 aromatic heterocycles. The van der Waals surface area contributed by atoms with Crippen molar-refractivity contribution < 1.29 is 4.39 Å². The lowest BCUT2D eigenvalue weighted by atomic mass is 10.1. The van der Waals surface area contributed by atoms with Crippen molar-refractivity contribution in [2.75, 3.05) is 0 Å². The van der Waals surface area contributed by atoms with Crippen LogP contribution in [0.25, 0.3) is 10.9 Å². The summed E-state index contributed by atoms with van der Waals surface area (Å²) in [4.78, 5) is 0. The van der Waals surface area contributed by atoms with Crippen LogP contribution in [0.4, 0.5) is 4.39 Å². The van der Waals surface area contributed by atoms with Gasteiger partial charge in [0.05, 0.1) is 12.1 Å². The van der Waals surface area contributed by atoms with E-state index >= 15 is 0 Å². The molecule has 2 nitrogen and oxygen atoms in total. The molecule has 0 amide bonds. The molecule has 0 radical (unpaired) electrons. The van der Waals surface area contributed by atoms with E-state index in [1.54, 1.807) is 12.1 Å². The first-order valence-electron chi connectivity index (χ1n) is 6.42. The molecule has 0 aliphatic carbocycles. The Labute approximate surface area is 116 Å². The van der Waals surface area contributed by atoms with E-state index < -0.39 is 5.82 Å². The molecule has 0 N–H and O–H groups in total. The molecule has 3 rings (SSSR count). The number of hydrogen-bond donors (Lipinski definition) is 0. The van der Waals surface area contributed by atoms with Crippen LogP contribution in [0, 0.1) is 24.1 Å². The van der Waals surface area contributed by atoms with Gasteiger partial charge in [-0.2, -0.15) is 5.26 Å². The molecule has 98 valence electrons. The van der Waals surface area contributed by atoms with Gasteiger partial charge in [-0.1, -0.05) is 24.3 Å². The Bertz CT molecular complexity index is 825. The van der Waals surface area contributed by atoms with E-state index in [-0.39, 0.29) is 5.56 Å². The highest BCUT2D eigenvalue weighted by atomic mass is 19.1. The second kappa shape index (κ2) is 4.82. The van der Waals surface area contributed by atoms with Gasteiger partial charge in [0.2, 0.25) is 0 Å². The minimum Gasteiger partial charge on any atom is -0.343 e. The lowest BCUT2D eigenvalue weighted by Gasteiger charge is -2.08. The number of fused-ring (bicyclic) bond motifs is 1. The number of hydrogen-bond acceptors (Lipinski definition) is 1. The third-order valence-corrected chi connectivity index (χ3v) is 3.57. The van der Waals surface area contributed by atoms with Gasteiger partial charge in [0.1, 0.15) is 11.9 Å². The summed E-state index contributed by atoms with van der Waals surface area (Å²) >= 11 is 0. The van der Waals surface area contributed by atoms with Gasteiger partial charge in [0, 0.05) is 22.7 Å². The van der Waals surface area contributed by atoms with Gasteiger partial charge in [-0.05, 0) is 30.7 Å². The average molecular weight is 264 g/mol. The zero-order chi connectivity index (χ0) is 14.1. The summed E-state index contributed by atoms with van der Waals surface area (Å²) in [6.07, 6.45) is 1.95. The minimum atomic E-state index is -0.426. The number of nitriles is 1. The monoisotopic (exact) mass is 264 g/mol. The van der Waals surface area contributed by atoms with Crippen LogP contribution in [0.5, 0.6) is 0 Å². The quantitative estimate of drug-likeness (QED) is 0.687. The van der Waals surface area contributed by atoms with Crippen molar-refractivity contribution in [3.8, 4) is 6.07 Å². The van der Waals surface area contributed by atoms with E-state index in [1.165, 1.54) is 17.0 Å². The SMILES string of the molecule is Cc1cccc2c1ccn2Cc1cccc(C#N)c1F. The molecule has 0 atom stereocenters. The Balaban J connectivity index is 2.07. The molecular formula is C17H13FN2. The maximum absolute atomic E-state index is 14.1. The van der Waals surface area contributed by atoms with Crippen LogP contribution in [-0.2, 0) is 6.54 Å². The van der Waals surface area contributed by atoms with Crippen LogP contribution in [0.1, 0.15) is 16.7 Å². The number of aromatic nitrogens is 1. The first kappa shape index (κ1) is 12.4. The molecule has 0 aliphatic rings. The van der Waals surface area contributed by atoms with E-state index in [0.717, 1.165) is 5.52 Å². The van der Waals surface area contributed by atoms with Crippen molar-refractivity contribution in [1.29, 1.82) is 5.26 Å². The van der Waals surface area contributed by atoms with Crippen LogP contribution in [0.15, 0.2) is 48.7 Å². The summed E-state index contributed by atoms with van der Waals surface area (Å²) in [6.45, 7) is 2.48. The molecule has 0 spiro atoms. The zero-order valence-electron chi connectivity index (χ0n) is 11.1. The number of benzene rings is 2. The second-order valence-corrected chi connectivity index (χ2v) is 4.84. The second-order valence-electron chi connectivity index (χ2n) is 4.84. The van der Waals surface area contributed by atoms with Crippen LogP contribution in [-0.4, -0.2) is 4.57 Å². The van der Waals surface area contributed by atoms with Gasteiger partial charge in [-0.15, -0.1) is 0 Å². The molecule has 3 aromatic rings. The van der Waals surface area contributed by atoms with Gasteiger partial charge in [-0.3, -0.25) is 0 Å². The van der Waals surface area contributed by atoms with E-state index in [4.69, 9.17) is 5.26 Å². The molecule has 0 bridgehead atoms. The van der Waals surface area contributed by atoms with Gasteiger partial charge in [0.15, 0.2) is 0 Å². The van der Waals surface area contributed by atoms with Crippen LogP contribution in [0.2, 0.25) is 0 Å². The van der Waals surface area contributed by atoms with E-state index in [2.05, 4.69) is 13.0 Å². The maximum atomic E-state index is 14.1. The average Bonchev–Trinajstić information content (AvgIpc) is 2.86. The lowest BCUT2D eigenvalue weighted by molar-refractivity contribution is 0.598. The highest BCUT2D eigenvalue weighted by molar-refractivity contribution is 5.83. The van der Waals surface area contributed by atoms with Crippen molar-refractivity contribution in [2.24, 2.45) is 0 Å². The predicted octanol–water partition coefficient (Wildman–Crippen LogP) is 4.01. The summed E-state index contributed by atoms with van der Waals surface area (Å²) in [7, 11) is 0. The number of rotatable bonds is 2. The Hall–Kier alpha value is -2.60. The molecule has 2 aromatic carbocycles. The normalized spacial score (nSPS) is 10.7. The summed E-state index contributed by atoms with van der Waals surface area (Å²) in [6, 6.07) is 14.9. The smallest absolute Gasteiger partial charge is 0.145 e. The number of aryl methyl sites for hydroxylation is 1. The Morgan fingerprint density at radius 2 is 1.95 bits per heavy atom. The van der Waals surface area contributed by atoms with E-state index in [0.29, 0.717) is 12.1 Å². The fourth-order valence-corrected chi connectivity index (χ4v) is 2.49. The third-order valence-electron chi connectivity index (χ3n) is 3.57. The molecule has 0 saturated heterocycles. The van der Waals surface area contributed by atoms with Crippen molar-refractivity contribution in [3.63, 3.8) is 0 Å². The molecule has 0 saturated carbocycles. The summed E-state index contributed by atoms with van der Waals surface area (Å²) < 4.78 is 16.1. The van der Waals surface area contributed by atoms with Crippen molar-refractivity contribution in [3.05, 3.63) is 71.2 Å². The summed E-state index contributed by atoms with van der Waals surface area (Å²) in [5.74, 6) is -0.426. The Morgan fingerprint density at radius 1 is 1.15 bits per heavy atom. The van der Waals surface area contributed by atoms with E-state index in [1.807, 2.05) is 35.0 Å². The molecule has 1 heterocycles. The largest absolute Gasteiger partial charge is 0.343 e. The van der Waals surface area contributed by atoms with Gasteiger partial charge >= 0.3 is 0 Å². The molecule has 0 aliphatic heterocycles. The highest BCUT2D eigenvalue weighted by Crippen LogP contribution is 2.22. The van der Waals surface area contributed by atoms with Crippen LogP contribution < -0.4 is 0 Å². The Kier molecular flexibility index (Phi) is 3.00. The third kappa shape index (κ3) is 1.96. The molecule has 20 heavy (non-hydrogen) atoms. The topological polar surface area (TPSA) is 28.7 Å². The fraction of sp³-hybridized carbons (Fsp3) is 0.118. The first-order valence-corrected chi connectivity index (χ1v) is 6.42. The number of nitrogens with zero attached hydrogens (tertiary/aromatic N) is 2. The molecule has 3 heteroatoms. The zero-order valence-corrected chi connectivity index (χ0v) is 11.1. The fourth-order valence-electron chi connectivity index (χ4n) is 2.49. The van der Waals surface area contributed by atoms with Crippen LogP contribution in [0.3, 0.4) is 0 Å². The molecule has 0 unspecified atom stereocenters. The Morgan fingerprint density at radius 3 is 2.75 bits per heavy atom. The van der Waals surface area contributed by atoms with Gasteiger partial charge < -0.3 is 4.57 Å².